The van der Waals surface area contributed by atoms with Crippen LogP contribution in [0.25, 0.3) is 0 Å². The Bertz CT molecular complexity index is 1060. The molecule has 0 saturated carbocycles. The zero-order chi connectivity index (χ0) is 20.5. The van der Waals surface area contributed by atoms with Crippen LogP contribution in [-0.4, -0.2) is 36.8 Å². The topological polar surface area (TPSA) is 56.9 Å². The van der Waals surface area contributed by atoms with Crippen LogP contribution < -0.4 is 19.7 Å². The first-order chi connectivity index (χ1) is 14.7. The van der Waals surface area contributed by atoms with Crippen molar-refractivity contribution >= 4 is 11.6 Å². The van der Waals surface area contributed by atoms with E-state index in [2.05, 4.69) is 40.3 Å². The minimum atomic E-state index is 0.0244. The summed E-state index contributed by atoms with van der Waals surface area (Å²) in [4.78, 5) is 14.1. The molecule has 6 heteroatoms. The van der Waals surface area contributed by atoms with E-state index in [1.165, 1.54) is 16.2 Å². The van der Waals surface area contributed by atoms with Gasteiger partial charge in [-0.2, -0.15) is 0 Å². The number of anilines is 1. The third-order valence-corrected chi connectivity index (χ3v) is 5.86. The predicted molar refractivity (Wildman–Crippen MR) is 114 cm³/mol. The predicted octanol–water partition coefficient (Wildman–Crippen LogP) is 2.19. The van der Waals surface area contributed by atoms with Gasteiger partial charge in [-0.05, 0) is 49.4 Å². The molecule has 0 spiro atoms. The Labute approximate surface area is 176 Å². The molecule has 0 aliphatic carbocycles. The first kappa shape index (κ1) is 18.8. The second-order valence-corrected chi connectivity index (χ2v) is 7.96. The van der Waals surface area contributed by atoms with Crippen LogP contribution in [0, 0.1) is 6.92 Å². The fourth-order valence-corrected chi connectivity index (χ4v) is 4.40. The van der Waals surface area contributed by atoms with Crippen molar-refractivity contribution in [3.8, 4) is 11.5 Å². The molecule has 30 heavy (non-hydrogen) atoms. The van der Waals surface area contributed by atoms with E-state index in [9.17, 15) is 4.79 Å². The lowest BCUT2D eigenvalue weighted by Crippen LogP contribution is -3.14. The van der Waals surface area contributed by atoms with Gasteiger partial charge in [0, 0.05) is 17.4 Å². The van der Waals surface area contributed by atoms with Crippen LogP contribution in [-0.2, 0) is 11.3 Å². The van der Waals surface area contributed by atoms with Gasteiger partial charge in [0.25, 0.3) is 5.91 Å². The van der Waals surface area contributed by atoms with Gasteiger partial charge in [0.2, 0.25) is 0 Å². The standard InChI is InChI=1S/C24H25N3O3/c1-17-4-7-19(8-5-17)25-23(28)16-27-12-11-26-10-2-3-20(26)24(27)18-6-9-21-22(15-18)30-14-13-29-21/h2-10,15,24H,11-14,16H2,1H3,(H,25,28)/p+1/t24-/m1/s1. The first-order valence-corrected chi connectivity index (χ1v) is 10.4. The van der Waals surface area contributed by atoms with Crippen molar-refractivity contribution in [3.05, 3.63) is 77.6 Å². The summed E-state index contributed by atoms with van der Waals surface area (Å²) in [5.41, 5.74) is 4.36. The van der Waals surface area contributed by atoms with Crippen LogP contribution in [0.1, 0.15) is 22.9 Å². The van der Waals surface area contributed by atoms with Crippen LogP contribution in [0.15, 0.2) is 60.8 Å². The minimum absolute atomic E-state index is 0.0244. The number of fused-ring (bicyclic) bond motifs is 2. The zero-order valence-electron chi connectivity index (χ0n) is 17.1. The van der Waals surface area contributed by atoms with Gasteiger partial charge in [-0.15, -0.1) is 0 Å². The van der Waals surface area contributed by atoms with Crippen molar-refractivity contribution in [1.29, 1.82) is 0 Å². The van der Waals surface area contributed by atoms with E-state index >= 15 is 0 Å². The van der Waals surface area contributed by atoms with Crippen LogP contribution >= 0.6 is 0 Å². The number of rotatable bonds is 4. The Morgan fingerprint density at radius 1 is 1.10 bits per heavy atom. The largest absolute Gasteiger partial charge is 0.486 e. The van der Waals surface area contributed by atoms with Gasteiger partial charge in [-0.25, -0.2) is 0 Å². The molecular formula is C24H26N3O3+. The lowest BCUT2D eigenvalue weighted by molar-refractivity contribution is -0.922. The monoisotopic (exact) mass is 404 g/mol. The van der Waals surface area contributed by atoms with Gasteiger partial charge in [0.05, 0.1) is 18.8 Å². The van der Waals surface area contributed by atoms with Crippen LogP contribution in [0.3, 0.4) is 0 Å². The quantitative estimate of drug-likeness (QED) is 0.701. The van der Waals surface area contributed by atoms with Crippen LogP contribution in [0.2, 0.25) is 0 Å². The Kier molecular flexibility index (Phi) is 4.93. The van der Waals surface area contributed by atoms with E-state index in [0.29, 0.717) is 19.8 Å². The van der Waals surface area contributed by atoms with E-state index in [1.807, 2.05) is 37.3 Å². The van der Waals surface area contributed by atoms with Crippen LogP contribution in [0.5, 0.6) is 11.5 Å². The molecule has 5 rings (SSSR count). The molecule has 6 nitrogen and oxygen atoms in total. The number of quaternary nitrogens is 1. The van der Waals surface area contributed by atoms with Gasteiger partial charge in [-0.1, -0.05) is 17.7 Å². The molecule has 0 saturated heterocycles. The molecule has 1 aromatic heterocycles. The minimum Gasteiger partial charge on any atom is -0.486 e. The molecule has 154 valence electrons. The zero-order valence-corrected chi connectivity index (χ0v) is 17.1. The summed E-state index contributed by atoms with van der Waals surface area (Å²) in [5.74, 6) is 1.59. The van der Waals surface area contributed by atoms with Gasteiger partial charge in [0.15, 0.2) is 24.1 Å². The fraction of sp³-hybridized carbons (Fsp3) is 0.292. The third kappa shape index (κ3) is 3.66. The SMILES string of the molecule is Cc1ccc(NC(=O)C[NH+]2CCn3cccc3[C@H]2c2ccc3c(c2)OCCO3)cc1. The lowest BCUT2D eigenvalue weighted by atomic mass is 9.99. The average Bonchev–Trinajstić information content (AvgIpc) is 3.24. The van der Waals surface area contributed by atoms with E-state index in [1.54, 1.807) is 0 Å². The maximum absolute atomic E-state index is 12.8. The number of carbonyl (C=O) groups excluding carboxylic acids is 1. The number of hydrogen-bond acceptors (Lipinski definition) is 3. The summed E-state index contributed by atoms with van der Waals surface area (Å²) >= 11 is 0. The van der Waals surface area contributed by atoms with E-state index in [-0.39, 0.29) is 11.9 Å². The summed E-state index contributed by atoms with van der Waals surface area (Å²) in [5, 5.41) is 3.04. The highest BCUT2D eigenvalue weighted by atomic mass is 16.6. The maximum atomic E-state index is 12.8. The Morgan fingerprint density at radius 3 is 2.73 bits per heavy atom. The maximum Gasteiger partial charge on any atom is 0.279 e. The van der Waals surface area contributed by atoms with Crippen LogP contribution in [0.4, 0.5) is 5.69 Å². The highest BCUT2D eigenvalue weighted by Crippen LogP contribution is 2.34. The second kappa shape index (κ2) is 7.88. The number of ether oxygens (including phenoxy) is 2. The molecule has 0 radical (unpaired) electrons. The Hall–Kier alpha value is -3.25. The lowest BCUT2D eigenvalue weighted by Gasteiger charge is -2.34. The van der Waals surface area contributed by atoms with Gasteiger partial charge in [-0.3, -0.25) is 4.79 Å². The molecule has 0 fully saturated rings. The molecular weight excluding hydrogens is 378 g/mol. The fourth-order valence-electron chi connectivity index (χ4n) is 4.40. The van der Waals surface area contributed by atoms with Crippen molar-refractivity contribution in [2.75, 3.05) is 31.6 Å². The van der Waals surface area contributed by atoms with Gasteiger partial charge >= 0.3 is 0 Å². The highest BCUT2D eigenvalue weighted by molar-refractivity contribution is 5.91. The number of carbonyl (C=O) groups is 1. The summed E-state index contributed by atoms with van der Waals surface area (Å²) in [6, 6.07) is 18.4. The summed E-state index contributed by atoms with van der Waals surface area (Å²) < 4.78 is 13.8. The Balaban J connectivity index is 1.41. The molecule has 3 heterocycles. The number of hydrogen-bond donors (Lipinski definition) is 2. The number of aryl methyl sites for hydroxylation is 1. The summed E-state index contributed by atoms with van der Waals surface area (Å²) in [7, 11) is 0. The number of aromatic nitrogens is 1. The highest BCUT2D eigenvalue weighted by Gasteiger charge is 2.34. The molecule has 1 amide bonds. The molecule has 2 aliphatic rings. The normalized spacial score (nSPS) is 19.8. The van der Waals surface area contributed by atoms with Crippen molar-refractivity contribution in [2.45, 2.75) is 19.5 Å². The number of nitrogens with zero attached hydrogens (tertiary/aromatic N) is 1. The van der Waals surface area contributed by atoms with Gasteiger partial charge < -0.3 is 24.3 Å². The molecule has 2 aliphatic heterocycles. The molecule has 2 atom stereocenters. The first-order valence-electron chi connectivity index (χ1n) is 10.4. The van der Waals surface area contributed by atoms with Gasteiger partial charge in [0.1, 0.15) is 13.2 Å². The van der Waals surface area contributed by atoms with E-state index < -0.39 is 0 Å². The molecule has 3 aromatic rings. The van der Waals surface area contributed by atoms with Crippen molar-refractivity contribution in [2.24, 2.45) is 0 Å². The molecule has 2 aromatic carbocycles. The molecule has 0 bridgehead atoms. The van der Waals surface area contributed by atoms with E-state index in [0.717, 1.165) is 35.8 Å². The summed E-state index contributed by atoms with van der Waals surface area (Å²) in [6.07, 6.45) is 2.11. The second-order valence-electron chi connectivity index (χ2n) is 7.96. The van der Waals surface area contributed by atoms with Crippen molar-refractivity contribution < 1.29 is 19.2 Å². The summed E-state index contributed by atoms with van der Waals surface area (Å²) in [6.45, 7) is 5.36. The van der Waals surface area contributed by atoms with Crippen molar-refractivity contribution in [1.82, 2.24) is 4.57 Å². The number of nitrogens with one attached hydrogen (secondary N) is 2. The third-order valence-electron chi connectivity index (χ3n) is 5.86. The average molecular weight is 404 g/mol. The van der Waals surface area contributed by atoms with E-state index in [4.69, 9.17) is 9.47 Å². The molecule has 2 N–H and O–H groups in total. The molecule has 1 unspecified atom stereocenters. The Morgan fingerprint density at radius 2 is 1.90 bits per heavy atom. The number of amides is 1. The van der Waals surface area contributed by atoms with Crippen molar-refractivity contribution in [3.63, 3.8) is 0 Å². The smallest absolute Gasteiger partial charge is 0.279 e. The number of benzene rings is 2.